The van der Waals surface area contributed by atoms with Crippen molar-refractivity contribution in [3.8, 4) is 0 Å². The minimum atomic E-state index is -4.64. The van der Waals surface area contributed by atoms with Crippen molar-refractivity contribution in [2.24, 2.45) is 0 Å². The fourth-order valence-corrected chi connectivity index (χ4v) is 6.16. The molecule has 0 bridgehead atoms. The fraction of sp³-hybridized carbons (Fsp3) is 0.973. The Morgan fingerprint density at radius 3 is 1.20 bits per heavy atom. The molecule has 0 aliphatic heterocycles. The van der Waals surface area contributed by atoms with Crippen LogP contribution in [0.3, 0.4) is 0 Å². The molecule has 45 heavy (non-hydrogen) atoms. The lowest BCUT2D eigenvalue weighted by molar-refractivity contribution is -0.154. The summed E-state index contributed by atoms with van der Waals surface area (Å²) < 4.78 is 26.9. The molecule has 0 aliphatic rings. The highest BCUT2D eigenvalue weighted by Crippen LogP contribution is 2.36. The number of rotatable bonds is 37. The molecular formula is C37H75O7P. The summed E-state index contributed by atoms with van der Waals surface area (Å²) >= 11 is 0. The Bertz CT molecular complexity index is 655. The van der Waals surface area contributed by atoms with E-state index in [0.29, 0.717) is 13.0 Å². The first-order valence-corrected chi connectivity index (χ1v) is 20.9. The molecule has 0 unspecified atom stereocenters. The summed E-state index contributed by atoms with van der Waals surface area (Å²) in [7, 11) is -4.64. The summed E-state index contributed by atoms with van der Waals surface area (Å²) in [4.78, 5) is 30.5. The van der Waals surface area contributed by atoms with E-state index in [-0.39, 0.29) is 19.2 Å². The van der Waals surface area contributed by atoms with Gasteiger partial charge in [-0.2, -0.15) is 0 Å². The Kier molecular flexibility index (Phi) is 34.5. The molecule has 0 heterocycles. The molecule has 0 amide bonds. The summed E-state index contributed by atoms with van der Waals surface area (Å²) in [6.07, 6.45) is 36.6. The van der Waals surface area contributed by atoms with Crippen LogP contribution in [0.2, 0.25) is 0 Å². The van der Waals surface area contributed by atoms with E-state index in [2.05, 4.69) is 18.4 Å². The number of hydrogen-bond acceptors (Lipinski definition) is 5. The molecule has 0 rings (SSSR count). The van der Waals surface area contributed by atoms with E-state index in [0.717, 1.165) is 32.1 Å². The van der Waals surface area contributed by atoms with Crippen molar-refractivity contribution in [2.45, 2.75) is 213 Å². The van der Waals surface area contributed by atoms with Crippen LogP contribution in [0.25, 0.3) is 0 Å². The summed E-state index contributed by atoms with van der Waals surface area (Å²) in [5, 5.41) is 0. The minimum absolute atomic E-state index is 0.0861. The predicted octanol–water partition coefficient (Wildman–Crippen LogP) is 11.8. The zero-order chi connectivity index (χ0) is 33.1. The highest BCUT2D eigenvalue weighted by molar-refractivity contribution is 7.46. The summed E-state index contributed by atoms with van der Waals surface area (Å²) in [5.74, 6) is -0.357. The molecule has 0 radical (unpaired) electrons. The first kappa shape index (κ1) is 44.5. The number of ether oxygens (including phenoxy) is 2. The first-order valence-electron chi connectivity index (χ1n) is 19.4. The van der Waals surface area contributed by atoms with Crippen LogP contribution >= 0.6 is 7.82 Å². The van der Waals surface area contributed by atoms with Crippen LogP contribution in [0.1, 0.15) is 206 Å². The van der Waals surface area contributed by atoms with Crippen LogP contribution < -0.4 is 0 Å². The topological polar surface area (TPSA) is 102 Å². The van der Waals surface area contributed by atoms with Crippen LogP contribution in [0.4, 0.5) is 0 Å². The van der Waals surface area contributed by atoms with Gasteiger partial charge in [0.15, 0.2) is 0 Å². The van der Waals surface area contributed by atoms with Gasteiger partial charge in [0.1, 0.15) is 6.10 Å². The smallest absolute Gasteiger partial charge is 0.457 e. The van der Waals surface area contributed by atoms with Crippen molar-refractivity contribution in [1.29, 1.82) is 0 Å². The van der Waals surface area contributed by atoms with E-state index in [1.165, 1.54) is 154 Å². The molecule has 0 saturated heterocycles. The van der Waals surface area contributed by atoms with Gasteiger partial charge in [-0.25, -0.2) is 4.57 Å². The van der Waals surface area contributed by atoms with Crippen LogP contribution in [0, 0.1) is 0 Å². The standard InChI is InChI=1S/C37H75O7P/c1-3-5-7-9-11-13-15-17-18-19-20-21-22-24-26-28-30-32-37(38)44-36(35-43-45(39,40)41)34-42-33-31-29-27-25-23-16-14-12-10-8-6-4-2/h36H,3-35H2,1-2H3,(H2,39,40,41)/t36-/m1/s1. The van der Waals surface area contributed by atoms with Crippen molar-refractivity contribution >= 4 is 13.8 Å². The summed E-state index contributed by atoms with van der Waals surface area (Å²) in [6, 6.07) is 0. The Balaban J connectivity index is 3.76. The number of esters is 1. The number of hydrogen-bond donors (Lipinski definition) is 2. The Morgan fingerprint density at radius 1 is 0.511 bits per heavy atom. The molecule has 0 aromatic heterocycles. The van der Waals surface area contributed by atoms with E-state index in [1.54, 1.807) is 0 Å². The van der Waals surface area contributed by atoms with Gasteiger partial charge in [0, 0.05) is 13.0 Å². The molecule has 0 spiro atoms. The second kappa shape index (κ2) is 34.9. The van der Waals surface area contributed by atoms with Crippen LogP contribution in [-0.4, -0.2) is 41.7 Å². The normalized spacial score (nSPS) is 12.5. The molecule has 0 fully saturated rings. The van der Waals surface area contributed by atoms with E-state index in [4.69, 9.17) is 19.3 Å². The van der Waals surface area contributed by atoms with Crippen molar-refractivity contribution in [2.75, 3.05) is 19.8 Å². The predicted molar refractivity (Wildman–Crippen MR) is 189 cm³/mol. The Labute approximate surface area is 279 Å². The lowest BCUT2D eigenvalue weighted by Crippen LogP contribution is -2.28. The number of carbonyl (C=O) groups is 1. The maximum atomic E-state index is 12.4. The number of unbranched alkanes of at least 4 members (excludes halogenated alkanes) is 27. The molecule has 0 aromatic carbocycles. The molecule has 0 aliphatic carbocycles. The van der Waals surface area contributed by atoms with Crippen molar-refractivity contribution in [3.63, 3.8) is 0 Å². The molecule has 270 valence electrons. The van der Waals surface area contributed by atoms with Crippen molar-refractivity contribution in [3.05, 3.63) is 0 Å². The van der Waals surface area contributed by atoms with Gasteiger partial charge in [0.05, 0.1) is 13.2 Å². The maximum absolute atomic E-state index is 12.4. The van der Waals surface area contributed by atoms with Gasteiger partial charge >= 0.3 is 13.8 Å². The second-order valence-corrected chi connectivity index (χ2v) is 14.5. The van der Waals surface area contributed by atoms with E-state index < -0.39 is 13.9 Å². The molecule has 2 N–H and O–H groups in total. The van der Waals surface area contributed by atoms with Gasteiger partial charge in [-0.05, 0) is 12.8 Å². The Hall–Kier alpha value is -0.460. The average Bonchev–Trinajstić information content (AvgIpc) is 3.01. The zero-order valence-electron chi connectivity index (χ0n) is 29.8. The molecular weight excluding hydrogens is 587 g/mol. The van der Waals surface area contributed by atoms with Gasteiger partial charge in [-0.1, -0.05) is 187 Å². The van der Waals surface area contributed by atoms with Gasteiger partial charge in [0.2, 0.25) is 0 Å². The van der Waals surface area contributed by atoms with Crippen LogP contribution in [0.5, 0.6) is 0 Å². The quantitative estimate of drug-likeness (QED) is 0.0387. The summed E-state index contributed by atoms with van der Waals surface area (Å²) in [5.41, 5.74) is 0. The third-order valence-electron chi connectivity index (χ3n) is 8.66. The SMILES string of the molecule is CCCCCCCCCCCCCCCCCCCC(=O)O[C@H](COCCCCCCCCCCCCCC)COP(=O)(O)O. The van der Waals surface area contributed by atoms with E-state index in [1.807, 2.05) is 0 Å². The number of phosphoric ester groups is 1. The van der Waals surface area contributed by atoms with Gasteiger partial charge in [-0.15, -0.1) is 0 Å². The summed E-state index contributed by atoms with van der Waals surface area (Å²) in [6.45, 7) is 4.78. The molecule has 7 nitrogen and oxygen atoms in total. The lowest BCUT2D eigenvalue weighted by atomic mass is 10.0. The van der Waals surface area contributed by atoms with E-state index in [9.17, 15) is 9.36 Å². The first-order chi connectivity index (χ1) is 21.9. The molecule has 8 heteroatoms. The van der Waals surface area contributed by atoms with Crippen molar-refractivity contribution < 1.29 is 33.1 Å². The third kappa shape index (κ3) is 37.9. The Morgan fingerprint density at radius 2 is 0.844 bits per heavy atom. The van der Waals surface area contributed by atoms with Gasteiger partial charge < -0.3 is 19.3 Å². The maximum Gasteiger partial charge on any atom is 0.469 e. The lowest BCUT2D eigenvalue weighted by Gasteiger charge is -2.18. The highest BCUT2D eigenvalue weighted by Gasteiger charge is 2.21. The largest absolute Gasteiger partial charge is 0.469 e. The number of carbonyl (C=O) groups excluding carboxylic acids is 1. The van der Waals surface area contributed by atoms with Gasteiger partial charge in [-0.3, -0.25) is 9.32 Å². The second-order valence-electron chi connectivity index (χ2n) is 13.3. The van der Waals surface area contributed by atoms with Crippen LogP contribution in [0.15, 0.2) is 0 Å². The average molecular weight is 663 g/mol. The minimum Gasteiger partial charge on any atom is -0.457 e. The highest BCUT2D eigenvalue weighted by atomic mass is 31.2. The van der Waals surface area contributed by atoms with Gasteiger partial charge in [0.25, 0.3) is 0 Å². The molecule has 1 atom stereocenters. The molecule has 0 saturated carbocycles. The molecule has 0 aromatic rings. The third-order valence-corrected chi connectivity index (χ3v) is 9.14. The van der Waals surface area contributed by atoms with E-state index >= 15 is 0 Å². The van der Waals surface area contributed by atoms with Crippen LogP contribution in [-0.2, 0) is 23.4 Å². The monoisotopic (exact) mass is 663 g/mol. The fourth-order valence-electron chi connectivity index (χ4n) is 5.80. The van der Waals surface area contributed by atoms with Crippen molar-refractivity contribution in [1.82, 2.24) is 0 Å². The zero-order valence-corrected chi connectivity index (χ0v) is 30.7. The number of phosphoric acid groups is 1.